The van der Waals surface area contributed by atoms with Crippen LogP contribution in [0.1, 0.15) is 23.7 Å². The van der Waals surface area contributed by atoms with Crippen molar-refractivity contribution in [2.75, 3.05) is 13.7 Å². The lowest BCUT2D eigenvalue weighted by Crippen LogP contribution is -2.31. The highest BCUT2D eigenvalue weighted by atomic mass is 79.9. The highest BCUT2D eigenvalue weighted by molar-refractivity contribution is 9.10. The maximum atomic E-state index is 11.9. The summed E-state index contributed by atoms with van der Waals surface area (Å²) in [6.07, 6.45) is 0.197. The first-order valence-electron chi connectivity index (χ1n) is 7.96. The second-order valence-electron chi connectivity index (χ2n) is 5.86. The van der Waals surface area contributed by atoms with Gasteiger partial charge in [0.2, 0.25) is 0 Å². The van der Waals surface area contributed by atoms with Crippen molar-refractivity contribution in [2.24, 2.45) is 0 Å². The summed E-state index contributed by atoms with van der Waals surface area (Å²) < 4.78 is 12.3. The molecule has 0 saturated carbocycles. The van der Waals surface area contributed by atoms with Crippen LogP contribution in [0.5, 0.6) is 0 Å². The molecule has 126 valence electrons. The zero-order valence-corrected chi connectivity index (χ0v) is 15.1. The molecule has 1 fully saturated rings. The number of nitrogens with zero attached hydrogens (tertiary/aromatic N) is 1. The van der Waals surface area contributed by atoms with Gasteiger partial charge in [-0.15, -0.1) is 0 Å². The molecule has 1 aliphatic heterocycles. The van der Waals surface area contributed by atoms with Gasteiger partial charge in [0.15, 0.2) is 0 Å². The summed E-state index contributed by atoms with van der Waals surface area (Å²) in [5.74, 6) is 0. The molecule has 0 bridgehead atoms. The van der Waals surface area contributed by atoms with Crippen molar-refractivity contribution in [3.05, 3.63) is 70.2 Å². The van der Waals surface area contributed by atoms with Crippen molar-refractivity contribution in [1.29, 1.82) is 0 Å². The van der Waals surface area contributed by atoms with Gasteiger partial charge < -0.3 is 14.4 Å². The number of benzene rings is 2. The number of likely N-dealkylation sites (N-methyl/N-ethyl adjacent to an activating group) is 1. The molecule has 2 unspecified atom stereocenters. The average molecular weight is 390 g/mol. The molecule has 2 atom stereocenters. The first-order valence-corrected chi connectivity index (χ1v) is 8.75. The Labute approximate surface area is 150 Å². The van der Waals surface area contributed by atoms with E-state index in [0.29, 0.717) is 13.2 Å². The lowest BCUT2D eigenvalue weighted by atomic mass is 10.00. The van der Waals surface area contributed by atoms with Gasteiger partial charge in [-0.25, -0.2) is 4.79 Å². The second kappa shape index (κ2) is 7.81. The summed E-state index contributed by atoms with van der Waals surface area (Å²) in [4.78, 5) is 13.6. The van der Waals surface area contributed by atoms with E-state index in [9.17, 15) is 4.79 Å². The standard InChI is InChI=1S/C19H20BrNO3/c1-21-17(11-12-23-13-14-5-3-2-4-6-14)18(24-19(21)22)15-7-9-16(20)10-8-15/h2-10,17-18H,11-13H2,1H3. The van der Waals surface area contributed by atoms with Crippen LogP contribution in [0.4, 0.5) is 4.79 Å². The van der Waals surface area contributed by atoms with E-state index in [1.807, 2.05) is 54.6 Å². The molecule has 24 heavy (non-hydrogen) atoms. The van der Waals surface area contributed by atoms with Gasteiger partial charge in [0.05, 0.1) is 12.6 Å². The van der Waals surface area contributed by atoms with Crippen LogP contribution < -0.4 is 0 Å². The average Bonchev–Trinajstić information content (AvgIpc) is 2.88. The first kappa shape index (κ1) is 17.0. The summed E-state index contributed by atoms with van der Waals surface area (Å²) in [5, 5.41) is 0. The van der Waals surface area contributed by atoms with Gasteiger partial charge in [-0.05, 0) is 29.7 Å². The molecule has 0 radical (unpaired) electrons. The van der Waals surface area contributed by atoms with Gasteiger partial charge in [0.25, 0.3) is 0 Å². The van der Waals surface area contributed by atoms with Gasteiger partial charge in [0.1, 0.15) is 6.10 Å². The van der Waals surface area contributed by atoms with Crippen molar-refractivity contribution in [2.45, 2.75) is 25.2 Å². The number of amides is 1. The molecule has 1 aliphatic rings. The Morgan fingerprint density at radius 2 is 1.83 bits per heavy atom. The topological polar surface area (TPSA) is 38.8 Å². The molecular formula is C19H20BrNO3. The number of rotatable bonds is 6. The number of carbonyl (C=O) groups is 1. The third kappa shape index (κ3) is 3.97. The van der Waals surface area contributed by atoms with Crippen molar-refractivity contribution in [3.8, 4) is 0 Å². The number of carbonyl (C=O) groups excluding carboxylic acids is 1. The molecule has 0 aliphatic carbocycles. The van der Waals surface area contributed by atoms with Gasteiger partial charge in [-0.1, -0.05) is 58.4 Å². The zero-order chi connectivity index (χ0) is 16.9. The minimum atomic E-state index is -0.282. The highest BCUT2D eigenvalue weighted by Gasteiger charge is 2.39. The molecular weight excluding hydrogens is 370 g/mol. The van der Waals surface area contributed by atoms with Crippen LogP contribution in [0.2, 0.25) is 0 Å². The molecule has 5 heteroatoms. The number of hydrogen-bond acceptors (Lipinski definition) is 3. The molecule has 0 spiro atoms. The fraction of sp³-hybridized carbons (Fsp3) is 0.316. The number of halogens is 1. The van der Waals surface area contributed by atoms with Gasteiger partial charge in [-0.3, -0.25) is 0 Å². The molecule has 0 N–H and O–H groups in total. The van der Waals surface area contributed by atoms with Crippen LogP contribution in [-0.4, -0.2) is 30.7 Å². The quantitative estimate of drug-likeness (QED) is 0.680. The molecule has 4 nitrogen and oxygen atoms in total. The second-order valence-corrected chi connectivity index (χ2v) is 6.78. The number of ether oxygens (including phenoxy) is 2. The SMILES string of the molecule is CN1C(=O)OC(c2ccc(Br)cc2)C1CCOCc1ccccc1. The van der Waals surface area contributed by atoms with E-state index in [1.54, 1.807) is 11.9 Å². The minimum absolute atomic E-state index is 0.0190. The van der Waals surface area contributed by atoms with Gasteiger partial charge >= 0.3 is 6.09 Å². The number of hydrogen-bond donors (Lipinski definition) is 0. The van der Waals surface area contributed by atoms with Gasteiger partial charge in [-0.2, -0.15) is 0 Å². The highest BCUT2D eigenvalue weighted by Crippen LogP contribution is 2.33. The molecule has 2 aromatic rings. The van der Waals surface area contributed by atoms with E-state index in [4.69, 9.17) is 9.47 Å². The summed E-state index contributed by atoms with van der Waals surface area (Å²) in [6.45, 7) is 1.16. The third-order valence-corrected chi connectivity index (χ3v) is 4.76. The van der Waals surface area contributed by atoms with Crippen LogP contribution in [0, 0.1) is 0 Å². The van der Waals surface area contributed by atoms with Crippen LogP contribution in [0.25, 0.3) is 0 Å². The van der Waals surface area contributed by atoms with E-state index in [0.717, 1.165) is 22.0 Å². The Bertz CT molecular complexity index is 675. The predicted octanol–water partition coefficient (Wildman–Crippen LogP) is 4.55. The van der Waals surface area contributed by atoms with Crippen LogP contribution in [0.3, 0.4) is 0 Å². The molecule has 1 heterocycles. The fourth-order valence-corrected chi connectivity index (χ4v) is 3.13. The summed E-state index contributed by atoms with van der Waals surface area (Å²) >= 11 is 3.43. The van der Waals surface area contributed by atoms with Crippen molar-refractivity contribution < 1.29 is 14.3 Å². The molecule has 1 saturated heterocycles. The van der Waals surface area contributed by atoms with E-state index >= 15 is 0 Å². The van der Waals surface area contributed by atoms with Crippen LogP contribution >= 0.6 is 15.9 Å². The third-order valence-electron chi connectivity index (χ3n) is 4.23. The summed E-state index contributed by atoms with van der Waals surface area (Å²) in [5.41, 5.74) is 2.15. The summed E-state index contributed by atoms with van der Waals surface area (Å²) in [7, 11) is 1.78. The number of cyclic esters (lactones) is 1. The lowest BCUT2D eigenvalue weighted by molar-refractivity contribution is 0.0907. The Balaban J connectivity index is 1.59. The van der Waals surface area contributed by atoms with E-state index < -0.39 is 0 Å². The monoisotopic (exact) mass is 389 g/mol. The Hall–Kier alpha value is -1.85. The van der Waals surface area contributed by atoms with Crippen LogP contribution in [0.15, 0.2) is 59.1 Å². The van der Waals surface area contributed by atoms with Crippen molar-refractivity contribution >= 4 is 22.0 Å². The van der Waals surface area contributed by atoms with Crippen molar-refractivity contribution in [3.63, 3.8) is 0 Å². The first-order chi connectivity index (χ1) is 11.6. The fourth-order valence-electron chi connectivity index (χ4n) is 2.86. The maximum absolute atomic E-state index is 11.9. The molecule has 3 rings (SSSR count). The van der Waals surface area contributed by atoms with Gasteiger partial charge in [0, 0.05) is 18.1 Å². The molecule has 0 aromatic heterocycles. The van der Waals surface area contributed by atoms with E-state index in [2.05, 4.69) is 15.9 Å². The maximum Gasteiger partial charge on any atom is 0.410 e. The van der Waals surface area contributed by atoms with E-state index in [-0.39, 0.29) is 18.2 Å². The minimum Gasteiger partial charge on any atom is -0.439 e. The molecule has 2 aromatic carbocycles. The largest absolute Gasteiger partial charge is 0.439 e. The lowest BCUT2D eigenvalue weighted by Gasteiger charge is -2.21. The Kier molecular flexibility index (Phi) is 5.53. The van der Waals surface area contributed by atoms with Crippen LogP contribution in [-0.2, 0) is 16.1 Å². The van der Waals surface area contributed by atoms with Crippen molar-refractivity contribution in [1.82, 2.24) is 4.90 Å². The predicted molar refractivity (Wildman–Crippen MR) is 95.6 cm³/mol. The Morgan fingerprint density at radius 3 is 2.54 bits per heavy atom. The van der Waals surface area contributed by atoms with E-state index in [1.165, 1.54) is 0 Å². The Morgan fingerprint density at radius 1 is 1.12 bits per heavy atom. The smallest absolute Gasteiger partial charge is 0.410 e. The normalized spacial score (nSPS) is 20.2. The molecule has 1 amide bonds. The summed E-state index contributed by atoms with van der Waals surface area (Å²) in [6, 6.07) is 17.9. The zero-order valence-electron chi connectivity index (χ0n) is 13.5.